The minimum absolute atomic E-state index is 0.150. The molecular formula is C12H20N5O11P3. The minimum atomic E-state index is -5.59. The lowest BCUT2D eigenvalue weighted by Gasteiger charge is -2.19. The number of hydrogen-bond donors (Lipinski definition) is 5. The zero-order chi connectivity index (χ0) is 23.2. The summed E-state index contributed by atoms with van der Waals surface area (Å²) in [5.41, 5.74) is 6.58. The average molecular weight is 503 g/mol. The first kappa shape index (κ1) is 24.4. The molecular weight excluding hydrogens is 483 g/mol. The van der Waals surface area contributed by atoms with Crippen LogP contribution in [0.3, 0.4) is 0 Å². The number of hydrogen-bond acceptors (Lipinski definition) is 11. The van der Waals surface area contributed by atoms with Gasteiger partial charge in [0, 0.05) is 5.92 Å². The van der Waals surface area contributed by atoms with Crippen molar-refractivity contribution in [3.05, 3.63) is 12.7 Å². The van der Waals surface area contributed by atoms with E-state index in [1.807, 2.05) is 6.92 Å². The number of phosphoric acid groups is 3. The van der Waals surface area contributed by atoms with Crippen LogP contribution in [0.4, 0.5) is 5.82 Å². The SMILES string of the molecule is CC1C(COP(=O)(O)OP(=O)(O)OP(=O)(O)O)OC(n2cnc3c(N)ncnc32)C1C. The van der Waals surface area contributed by atoms with E-state index in [1.54, 1.807) is 11.5 Å². The number of nitrogens with two attached hydrogens (primary N) is 1. The fraction of sp³-hybridized carbons (Fsp3) is 0.583. The van der Waals surface area contributed by atoms with Gasteiger partial charge in [-0.1, -0.05) is 13.8 Å². The molecule has 1 saturated heterocycles. The number of rotatable bonds is 8. The van der Waals surface area contributed by atoms with Crippen molar-refractivity contribution < 1.29 is 51.2 Å². The normalized spacial score (nSPS) is 28.5. The molecule has 0 aromatic carbocycles. The second-order valence-corrected chi connectivity index (χ2v) is 11.2. The molecule has 31 heavy (non-hydrogen) atoms. The Morgan fingerprint density at radius 1 is 1.06 bits per heavy atom. The quantitative estimate of drug-likeness (QED) is 0.315. The molecule has 2 aromatic rings. The van der Waals surface area contributed by atoms with Crippen LogP contribution in [0.5, 0.6) is 0 Å². The maximum atomic E-state index is 11.9. The Hall–Kier alpha value is -1.28. The highest BCUT2D eigenvalue weighted by atomic mass is 31.3. The first-order valence-corrected chi connectivity index (χ1v) is 13.1. The summed E-state index contributed by atoms with van der Waals surface area (Å²) in [6.45, 7) is 3.10. The number of phosphoric ester groups is 1. The fourth-order valence-corrected chi connectivity index (χ4v) is 6.09. The van der Waals surface area contributed by atoms with E-state index in [1.165, 1.54) is 12.7 Å². The highest BCUT2D eigenvalue weighted by Crippen LogP contribution is 2.66. The molecule has 19 heteroatoms. The maximum absolute atomic E-state index is 11.9. The standard InChI is InChI=1S/C12H20N5O11P3/c1-6-7(2)12(17-5-16-9-10(13)14-4-15-11(9)17)26-8(6)3-25-30(21,22)28-31(23,24)27-29(18,19)20/h4-8,12H,3H2,1-2H3,(H,21,22)(H,23,24)(H2,13,14,15)(H2,18,19,20). The second kappa shape index (κ2) is 8.58. The predicted molar refractivity (Wildman–Crippen MR) is 102 cm³/mol. The molecule has 6 atom stereocenters. The van der Waals surface area contributed by atoms with Crippen molar-refractivity contribution in [2.45, 2.75) is 26.2 Å². The summed E-state index contributed by atoms with van der Waals surface area (Å²) in [7, 11) is -16.3. The Morgan fingerprint density at radius 2 is 1.74 bits per heavy atom. The summed E-state index contributed by atoms with van der Waals surface area (Å²) in [6, 6.07) is 0. The van der Waals surface area contributed by atoms with Crippen LogP contribution in [0, 0.1) is 11.8 Å². The van der Waals surface area contributed by atoms with Gasteiger partial charge in [0.05, 0.1) is 19.0 Å². The number of imidazole rings is 1. The van der Waals surface area contributed by atoms with Crippen LogP contribution in [-0.2, 0) is 31.6 Å². The number of nitrogen functional groups attached to an aromatic ring is 1. The molecule has 0 spiro atoms. The summed E-state index contributed by atoms with van der Waals surface area (Å²) in [5, 5.41) is 0. The third-order valence-corrected chi connectivity index (χ3v) is 8.46. The number of ether oxygens (including phenoxy) is 1. The molecule has 0 bridgehead atoms. The molecule has 6 N–H and O–H groups in total. The van der Waals surface area contributed by atoms with Gasteiger partial charge in [0.1, 0.15) is 18.1 Å². The van der Waals surface area contributed by atoms with Crippen molar-refractivity contribution in [2.24, 2.45) is 11.8 Å². The van der Waals surface area contributed by atoms with Crippen LogP contribution in [0.2, 0.25) is 0 Å². The highest BCUT2D eigenvalue weighted by molar-refractivity contribution is 7.66. The van der Waals surface area contributed by atoms with Crippen LogP contribution >= 0.6 is 23.5 Å². The topological polar surface area (TPSA) is 239 Å². The average Bonchev–Trinajstić information content (AvgIpc) is 3.13. The van der Waals surface area contributed by atoms with E-state index >= 15 is 0 Å². The van der Waals surface area contributed by atoms with Gasteiger partial charge in [-0.05, 0) is 5.92 Å². The maximum Gasteiger partial charge on any atom is 0.490 e. The van der Waals surface area contributed by atoms with Gasteiger partial charge in [0.15, 0.2) is 11.5 Å². The second-order valence-electron chi connectivity index (χ2n) is 6.75. The molecule has 3 rings (SSSR count). The van der Waals surface area contributed by atoms with E-state index in [0.717, 1.165) is 0 Å². The number of anilines is 1. The van der Waals surface area contributed by atoms with Gasteiger partial charge in [-0.3, -0.25) is 9.09 Å². The van der Waals surface area contributed by atoms with Crippen LogP contribution in [0.15, 0.2) is 12.7 Å². The van der Waals surface area contributed by atoms with E-state index in [0.29, 0.717) is 11.2 Å². The first-order valence-electron chi connectivity index (χ1n) is 8.56. The van der Waals surface area contributed by atoms with Crippen molar-refractivity contribution in [3.63, 3.8) is 0 Å². The molecule has 1 aliphatic heterocycles. The van der Waals surface area contributed by atoms with Crippen LogP contribution in [0.1, 0.15) is 20.1 Å². The molecule has 2 aromatic heterocycles. The number of aromatic nitrogens is 4. The lowest BCUT2D eigenvalue weighted by atomic mass is 9.93. The molecule has 0 radical (unpaired) electrons. The molecule has 1 aliphatic rings. The third-order valence-electron chi connectivity index (χ3n) is 4.66. The highest BCUT2D eigenvalue weighted by Gasteiger charge is 2.44. The molecule has 0 saturated carbocycles. The summed E-state index contributed by atoms with van der Waals surface area (Å²) >= 11 is 0. The van der Waals surface area contributed by atoms with Crippen molar-refractivity contribution in [3.8, 4) is 0 Å². The van der Waals surface area contributed by atoms with Crippen LogP contribution in [0.25, 0.3) is 11.2 Å². The number of nitrogens with zero attached hydrogens (tertiary/aromatic N) is 4. The summed E-state index contributed by atoms with van der Waals surface area (Å²) in [4.78, 5) is 48.1. The van der Waals surface area contributed by atoms with Gasteiger partial charge < -0.3 is 30.0 Å². The van der Waals surface area contributed by atoms with E-state index in [-0.39, 0.29) is 17.7 Å². The largest absolute Gasteiger partial charge is 0.490 e. The van der Waals surface area contributed by atoms with E-state index in [9.17, 15) is 23.5 Å². The van der Waals surface area contributed by atoms with Gasteiger partial charge in [0.2, 0.25) is 0 Å². The van der Waals surface area contributed by atoms with Gasteiger partial charge in [0.25, 0.3) is 0 Å². The Labute approximate surface area is 174 Å². The zero-order valence-electron chi connectivity index (χ0n) is 16.0. The molecule has 1 fully saturated rings. The monoisotopic (exact) mass is 503 g/mol. The molecule has 0 amide bonds. The van der Waals surface area contributed by atoms with E-state index < -0.39 is 42.4 Å². The van der Waals surface area contributed by atoms with Crippen molar-refractivity contribution in [1.82, 2.24) is 19.5 Å². The van der Waals surface area contributed by atoms with Gasteiger partial charge in [-0.25, -0.2) is 28.6 Å². The molecule has 0 aliphatic carbocycles. The summed E-state index contributed by atoms with van der Waals surface area (Å²) < 4.78 is 53.6. The first-order chi connectivity index (χ1) is 14.2. The van der Waals surface area contributed by atoms with Crippen molar-refractivity contribution in [1.29, 1.82) is 0 Å². The minimum Gasteiger partial charge on any atom is -0.382 e. The smallest absolute Gasteiger partial charge is 0.382 e. The Morgan fingerprint density at radius 3 is 2.39 bits per heavy atom. The third kappa shape index (κ3) is 5.75. The van der Waals surface area contributed by atoms with Crippen LogP contribution < -0.4 is 5.73 Å². The van der Waals surface area contributed by atoms with Crippen molar-refractivity contribution in [2.75, 3.05) is 12.3 Å². The van der Waals surface area contributed by atoms with Gasteiger partial charge in [-0.2, -0.15) is 8.62 Å². The lowest BCUT2D eigenvalue weighted by molar-refractivity contribution is -0.0331. The Kier molecular flexibility index (Phi) is 6.74. The number of fused-ring (bicyclic) bond motifs is 1. The van der Waals surface area contributed by atoms with Gasteiger partial charge in [-0.15, -0.1) is 0 Å². The van der Waals surface area contributed by atoms with Crippen molar-refractivity contribution >= 4 is 40.4 Å². The van der Waals surface area contributed by atoms with Crippen LogP contribution in [-0.4, -0.2) is 51.8 Å². The Balaban J connectivity index is 1.69. The molecule has 3 heterocycles. The fourth-order valence-electron chi connectivity index (χ4n) is 3.06. The zero-order valence-corrected chi connectivity index (χ0v) is 18.7. The Bertz CT molecular complexity index is 1110. The predicted octanol–water partition coefficient (Wildman–Crippen LogP) is 0.921. The lowest BCUT2D eigenvalue weighted by Crippen LogP contribution is -2.21. The molecule has 6 unspecified atom stereocenters. The molecule has 174 valence electrons. The van der Waals surface area contributed by atoms with Gasteiger partial charge >= 0.3 is 23.5 Å². The summed E-state index contributed by atoms with van der Waals surface area (Å²) in [6.07, 6.45) is 1.38. The van der Waals surface area contributed by atoms with E-state index in [2.05, 4.69) is 28.1 Å². The molecule has 16 nitrogen and oxygen atoms in total. The summed E-state index contributed by atoms with van der Waals surface area (Å²) in [5.74, 6) is -0.191. The van der Waals surface area contributed by atoms with E-state index in [4.69, 9.17) is 20.3 Å².